The molecular weight excluding hydrogens is 134 g/mol. The van der Waals surface area contributed by atoms with Gasteiger partial charge in [-0.2, -0.15) is 0 Å². The van der Waals surface area contributed by atoms with Crippen molar-refractivity contribution in [2.45, 2.75) is 20.0 Å². The van der Waals surface area contributed by atoms with Crippen molar-refractivity contribution in [2.24, 2.45) is 0 Å². The average Bonchev–Trinajstić information content (AvgIpc) is 2.14. The summed E-state index contributed by atoms with van der Waals surface area (Å²) in [5, 5.41) is 11.7. The number of thiazole rings is 1. The summed E-state index contributed by atoms with van der Waals surface area (Å²) in [6, 6.07) is 0. The second-order valence-corrected chi connectivity index (χ2v) is 2.89. The zero-order chi connectivity index (χ0) is 6.85. The smallest absolute Gasteiger partial charge is 0.121 e. The third-order valence-corrected chi connectivity index (χ3v) is 2.13. The van der Waals surface area contributed by atoms with Crippen LogP contribution in [0.25, 0.3) is 0 Å². The highest BCUT2D eigenvalue weighted by molar-refractivity contribution is 7.09. The summed E-state index contributed by atoms with van der Waals surface area (Å²) in [5.74, 6) is 0. The van der Waals surface area contributed by atoms with Crippen LogP contribution in [-0.2, 0) is 0 Å². The van der Waals surface area contributed by atoms with Gasteiger partial charge >= 0.3 is 0 Å². The first kappa shape index (κ1) is 6.71. The molecular formula is C6H9NOS. The van der Waals surface area contributed by atoms with E-state index in [0.717, 1.165) is 10.7 Å². The van der Waals surface area contributed by atoms with E-state index in [1.807, 2.05) is 12.3 Å². The van der Waals surface area contributed by atoms with Crippen molar-refractivity contribution < 1.29 is 5.11 Å². The van der Waals surface area contributed by atoms with E-state index in [0.29, 0.717) is 0 Å². The van der Waals surface area contributed by atoms with Gasteiger partial charge < -0.3 is 5.11 Å². The molecule has 1 atom stereocenters. The van der Waals surface area contributed by atoms with Crippen molar-refractivity contribution in [1.82, 2.24) is 4.98 Å². The summed E-state index contributed by atoms with van der Waals surface area (Å²) in [5.41, 5.74) is 0.982. The van der Waals surface area contributed by atoms with Gasteiger partial charge in [-0.25, -0.2) is 4.98 Å². The molecule has 0 amide bonds. The number of hydrogen-bond donors (Lipinski definition) is 1. The van der Waals surface area contributed by atoms with E-state index >= 15 is 0 Å². The van der Waals surface area contributed by atoms with E-state index in [1.54, 1.807) is 6.92 Å². The van der Waals surface area contributed by atoms with Crippen LogP contribution in [0.5, 0.6) is 0 Å². The van der Waals surface area contributed by atoms with E-state index in [-0.39, 0.29) is 0 Å². The van der Waals surface area contributed by atoms with Gasteiger partial charge in [-0.05, 0) is 13.8 Å². The van der Waals surface area contributed by atoms with Crippen molar-refractivity contribution in [3.8, 4) is 0 Å². The summed E-state index contributed by atoms with van der Waals surface area (Å²) < 4.78 is 0. The monoisotopic (exact) mass is 143 g/mol. The Labute approximate surface area is 58.2 Å². The largest absolute Gasteiger partial charge is 0.386 e. The predicted molar refractivity (Wildman–Crippen MR) is 37.5 cm³/mol. The number of aryl methyl sites for hydroxylation is 1. The zero-order valence-corrected chi connectivity index (χ0v) is 6.27. The molecule has 0 radical (unpaired) electrons. The molecule has 0 bridgehead atoms. The molecule has 0 aliphatic carbocycles. The maximum absolute atomic E-state index is 8.98. The molecule has 0 spiro atoms. The van der Waals surface area contributed by atoms with Gasteiger partial charge in [0.15, 0.2) is 0 Å². The van der Waals surface area contributed by atoms with Gasteiger partial charge in [0.1, 0.15) is 11.1 Å². The van der Waals surface area contributed by atoms with Crippen LogP contribution < -0.4 is 0 Å². The first-order valence-electron chi connectivity index (χ1n) is 2.80. The molecule has 0 saturated heterocycles. The number of aliphatic hydroxyl groups is 1. The molecule has 0 aliphatic rings. The number of aliphatic hydroxyl groups excluding tert-OH is 1. The van der Waals surface area contributed by atoms with E-state index in [2.05, 4.69) is 4.98 Å². The van der Waals surface area contributed by atoms with Crippen LogP contribution in [0.2, 0.25) is 0 Å². The van der Waals surface area contributed by atoms with Gasteiger partial charge in [0, 0.05) is 11.1 Å². The minimum Gasteiger partial charge on any atom is -0.386 e. The van der Waals surface area contributed by atoms with Crippen LogP contribution in [0.3, 0.4) is 0 Å². The fourth-order valence-corrected chi connectivity index (χ4v) is 1.30. The van der Waals surface area contributed by atoms with E-state index < -0.39 is 6.10 Å². The molecule has 0 aromatic carbocycles. The molecule has 0 fully saturated rings. The molecule has 1 heterocycles. The average molecular weight is 143 g/mol. The second kappa shape index (κ2) is 2.45. The van der Waals surface area contributed by atoms with Crippen LogP contribution in [0, 0.1) is 6.92 Å². The van der Waals surface area contributed by atoms with Crippen LogP contribution in [0.4, 0.5) is 0 Å². The summed E-state index contributed by atoms with van der Waals surface area (Å²) in [6.07, 6.45) is -0.413. The number of hydrogen-bond acceptors (Lipinski definition) is 3. The quantitative estimate of drug-likeness (QED) is 0.646. The highest BCUT2D eigenvalue weighted by atomic mass is 32.1. The molecule has 1 aromatic heterocycles. The van der Waals surface area contributed by atoms with Crippen molar-refractivity contribution in [2.75, 3.05) is 0 Å². The molecule has 1 N–H and O–H groups in total. The fraction of sp³-hybridized carbons (Fsp3) is 0.500. The number of aromatic nitrogens is 1. The Bertz CT molecular complexity index is 195. The lowest BCUT2D eigenvalue weighted by atomic mass is 10.4. The van der Waals surface area contributed by atoms with E-state index in [9.17, 15) is 0 Å². The highest BCUT2D eigenvalue weighted by Gasteiger charge is 2.02. The zero-order valence-electron chi connectivity index (χ0n) is 5.46. The topological polar surface area (TPSA) is 33.1 Å². The van der Waals surface area contributed by atoms with Crippen molar-refractivity contribution in [1.29, 1.82) is 0 Å². The molecule has 0 aliphatic heterocycles. The van der Waals surface area contributed by atoms with E-state index in [1.165, 1.54) is 11.3 Å². The van der Waals surface area contributed by atoms with Crippen molar-refractivity contribution >= 4 is 11.3 Å². The summed E-state index contributed by atoms with van der Waals surface area (Å²) in [4.78, 5) is 4.08. The number of nitrogens with zero attached hydrogens (tertiary/aromatic N) is 1. The lowest BCUT2D eigenvalue weighted by molar-refractivity contribution is 0.198. The Morgan fingerprint density at radius 3 is 2.67 bits per heavy atom. The fourth-order valence-electron chi connectivity index (χ4n) is 0.564. The normalized spacial score (nSPS) is 13.7. The minimum absolute atomic E-state index is 0.413. The summed E-state index contributed by atoms with van der Waals surface area (Å²) in [6.45, 7) is 3.64. The van der Waals surface area contributed by atoms with Crippen molar-refractivity contribution in [3.63, 3.8) is 0 Å². The molecule has 1 rings (SSSR count). The van der Waals surface area contributed by atoms with Gasteiger partial charge in [-0.15, -0.1) is 11.3 Å². The van der Waals surface area contributed by atoms with Gasteiger partial charge in [-0.3, -0.25) is 0 Å². The molecule has 2 nitrogen and oxygen atoms in total. The van der Waals surface area contributed by atoms with Crippen molar-refractivity contribution in [3.05, 3.63) is 16.1 Å². The lowest BCUT2D eigenvalue weighted by Crippen LogP contribution is -1.88. The third kappa shape index (κ3) is 1.50. The molecule has 0 unspecified atom stereocenters. The van der Waals surface area contributed by atoms with Gasteiger partial charge in [0.2, 0.25) is 0 Å². The van der Waals surface area contributed by atoms with Gasteiger partial charge in [-0.1, -0.05) is 0 Å². The van der Waals surface area contributed by atoms with E-state index in [4.69, 9.17) is 5.11 Å². The van der Waals surface area contributed by atoms with Gasteiger partial charge in [0.05, 0.1) is 0 Å². The Morgan fingerprint density at radius 2 is 2.44 bits per heavy atom. The Morgan fingerprint density at radius 1 is 1.78 bits per heavy atom. The van der Waals surface area contributed by atoms with Gasteiger partial charge in [0.25, 0.3) is 0 Å². The SMILES string of the molecule is Cc1csc([C@H](C)O)n1. The summed E-state index contributed by atoms with van der Waals surface area (Å²) in [7, 11) is 0. The highest BCUT2D eigenvalue weighted by Crippen LogP contribution is 2.16. The van der Waals surface area contributed by atoms with Crippen LogP contribution in [0.1, 0.15) is 23.7 Å². The molecule has 50 valence electrons. The van der Waals surface area contributed by atoms with Crippen LogP contribution in [-0.4, -0.2) is 10.1 Å². The molecule has 3 heteroatoms. The maximum atomic E-state index is 8.98. The van der Waals surface area contributed by atoms with Crippen LogP contribution >= 0.6 is 11.3 Å². The first-order chi connectivity index (χ1) is 4.20. The first-order valence-corrected chi connectivity index (χ1v) is 3.68. The van der Waals surface area contributed by atoms with Crippen LogP contribution in [0.15, 0.2) is 5.38 Å². The molecule has 1 aromatic rings. The number of rotatable bonds is 1. The standard InChI is InChI=1S/C6H9NOS/c1-4-3-9-6(7-4)5(2)8/h3,5,8H,1-2H3/t5-/m0/s1. The molecule has 9 heavy (non-hydrogen) atoms. The maximum Gasteiger partial charge on any atom is 0.121 e. The summed E-state index contributed by atoms with van der Waals surface area (Å²) >= 11 is 1.50. The molecule has 0 saturated carbocycles. The Kier molecular flexibility index (Phi) is 1.83. The lowest BCUT2D eigenvalue weighted by Gasteiger charge is -1.94. The third-order valence-electron chi connectivity index (χ3n) is 0.994. The Hall–Kier alpha value is -0.410. The second-order valence-electron chi connectivity index (χ2n) is 2.00. The Balaban J connectivity index is 2.85. The predicted octanol–water partition coefficient (Wildman–Crippen LogP) is 1.50. The minimum atomic E-state index is -0.413.